The van der Waals surface area contributed by atoms with E-state index in [1.807, 2.05) is 25.3 Å². The van der Waals surface area contributed by atoms with Gasteiger partial charge in [-0.1, -0.05) is 19.1 Å². The van der Waals surface area contributed by atoms with E-state index in [1.165, 1.54) is 13.2 Å². The number of alkyl halides is 2. The van der Waals surface area contributed by atoms with Gasteiger partial charge in [0.1, 0.15) is 0 Å². The molecule has 0 aliphatic carbocycles. The first-order valence-corrected chi connectivity index (χ1v) is 11.1. The molecule has 3 aliphatic rings. The lowest BCUT2D eigenvalue weighted by Gasteiger charge is -2.36. The van der Waals surface area contributed by atoms with Crippen LogP contribution in [-0.2, 0) is 4.79 Å². The molecule has 1 saturated heterocycles. The molecule has 0 bridgehead atoms. The summed E-state index contributed by atoms with van der Waals surface area (Å²) in [5.41, 5.74) is 3.24. The van der Waals surface area contributed by atoms with Crippen LogP contribution < -0.4 is 14.8 Å². The quantitative estimate of drug-likeness (QED) is 0.721. The van der Waals surface area contributed by atoms with Crippen LogP contribution in [0, 0.1) is 5.92 Å². The summed E-state index contributed by atoms with van der Waals surface area (Å²) in [6.07, 6.45) is 10.3. The number of amides is 1. The first-order chi connectivity index (χ1) is 15.9. The lowest BCUT2D eigenvalue weighted by Crippen LogP contribution is -2.48. The zero-order valence-corrected chi connectivity index (χ0v) is 19.1. The third-order valence-electron chi connectivity index (χ3n) is 6.14. The van der Waals surface area contributed by atoms with Crippen LogP contribution >= 0.6 is 0 Å². The minimum atomic E-state index is -2.97. The van der Waals surface area contributed by atoms with Crippen molar-refractivity contribution in [3.8, 4) is 11.5 Å². The SMILES string of the molecule is COc1ccc(C2=CC(=O)N3C=C(N4CCNC(C)C4)C=CC3=CCC2C)cc1OC(F)F. The summed E-state index contributed by atoms with van der Waals surface area (Å²) < 4.78 is 35.6. The number of nitrogens with one attached hydrogen (secondary N) is 1. The van der Waals surface area contributed by atoms with E-state index in [4.69, 9.17) is 4.74 Å². The standard InChI is InChI=1S/C25H29F2N3O3/c1-16-4-6-19-7-8-20(29-11-10-28-17(2)14-29)15-30(19)24(31)13-21(16)18-5-9-22(32-3)23(12-18)33-25(26)27/h5-9,12-13,15-17,25,28H,4,10-11,14H2,1-3H3. The molecule has 0 aromatic heterocycles. The topological polar surface area (TPSA) is 54.0 Å². The van der Waals surface area contributed by atoms with Crippen LogP contribution in [0.1, 0.15) is 25.8 Å². The molecule has 0 saturated carbocycles. The monoisotopic (exact) mass is 457 g/mol. The minimum Gasteiger partial charge on any atom is -0.493 e. The lowest BCUT2D eigenvalue weighted by molar-refractivity contribution is -0.122. The summed E-state index contributed by atoms with van der Waals surface area (Å²) in [4.78, 5) is 17.3. The maximum absolute atomic E-state index is 13.3. The number of carbonyl (C=O) groups excluding carboxylic acids is 1. The number of piperazine rings is 1. The largest absolute Gasteiger partial charge is 0.493 e. The van der Waals surface area contributed by atoms with Gasteiger partial charge in [0.05, 0.1) is 12.8 Å². The Hall–Kier alpha value is -3.13. The van der Waals surface area contributed by atoms with Crippen LogP contribution in [-0.4, -0.2) is 55.1 Å². The number of hydrogen-bond acceptors (Lipinski definition) is 5. The van der Waals surface area contributed by atoms with Crippen molar-refractivity contribution < 1.29 is 23.0 Å². The summed E-state index contributed by atoms with van der Waals surface area (Å²) in [5, 5.41) is 3.43. The van der Waals surface area contributed by atoms with E-state index >= 15 is 0 Å². The van der Waals surface area contributed by atoms with E-state index in [0.29, 0.717) is 18.0 Å². The van der Waals surface area contributed by atoms with Gasteiger partial charge < -0.3 is 19.7 Å². The van der Waals surface area contributed by atoms with Crippen molar-refractivity contribution in [2.45, 2.75) is 32.9 Å². The number of hydrogen-bond donors (Lipinski definition) is 1. The highest BCUT2D eigenvalue weighted by molar-refractivity contribution is 5.98. The highest BCUT2D eigenvalue weighted by atomic mass is 19.3. The van der Waals surface area contributed by atoms with Gasteiger partial charge in [-0.3, -0.25) is 9.69 Å². The molecular formula is C25H29F2N3O3. The summed E-state index contributed by atoms with van der Waals surface area (Å²) in [5.74, 6) is -0.0189. The molecule has 1 aromatic carbocycles. The molecule has 0 spiro atoms. The van der Waals surface area contributed by atoms with Crippen LogP contribution in [0.25, 0.3) is 5.57 Å². The molecule has 1 fully saturated rings. The number of methoxy groups -OCH3 is 1. The van der Waals surface area contributed by atoms with Gasteiger partial charge >= 0.3 is 6.61 Å². The van der Waals surface area contributed by atoms with Crippen molar-refractivity contribution in [2.24, 2.45) is 5.92 Å². The molecule has 1 amide bonds. The number of carbonyl (C=O) groups is 1. The van der Waals surface area contributed by atoms with Gasteiger partial charge in [0.25, 0.3) is 5.91 Å². The van der Waals surface area contributed by atoms with Crippen LogP contribution in [0.5, 0.6) is 11.5 Å². The average Bonchev–Trinajstić information content (AvgIpc) is 2.79. The molecule has 2 atom stereocenters. The molecule has 0 radical (unpaired) electrons. The Kier molecular flexibility index (Phi) is 6.83. The fourth-order valence-corrected chi connectivity index (χ4v) is 4.39. The van der Waals surface area contributed by atoms with E-state index in [2.05, 4.69) is 28.0 Å². The number of fused-ring (bicyclic) bond motifs is 1. The molecule has 8 heteroatoms. The summed E-state index contributed by atoms with van der Waals surface area (Å²) in [7, 11) is 1.40. The molecule has 1 aromatic rings. The van der Waals surface area contributed by atoms with Crippen molar-refractivity contribution >= 4 is 11.5 Å². The third kappa shape index (κ3) is 5.11. The molecule has 3 aliphatic heterocycles. The number of rotatable bonds is 5. The van der Waals surface area contributed by atoms with Crippen LogP contribution in [0.15, 0.2) is 60.1 Å². The summed E-state index contributed by atoms with van der Waals surface area (Å²) in [6, 6.07) is 5.23. The van der Waals surface area contributed by atoms with E-state index in [-0.39, 0.29) is 23.3 Å². The Labute approximate surface area is 192 Å². The zero-order chi connectivity index (χ0) is 23.5. The van der Waals surface area contributed by atoms with Gasteiger partial charge in [-0.15, -0.1) is 0 Å². The Morgan fingerprint density at radius 1 is 1.15 bits per heavy atom. The van der Waals surface area contributed by atoms with Crippen molar-refractivity contribution in [1.82, 2.24) is 15.1 Å². The second kappa shape index (κ2) is 9.79. The Morgan fingerprint density at radius 3 is 2.67 bits per heavy atom. The molecule has 33 heavy (non-hydrogen) atoms. The molecule has 4 rings (SSSR count). The predicted molar refractivity (Wildman–Crippen MR) is 123 cm³/mol. The van der Waals surface area contributed by atoms with E-state index in [9.17, 15) is 13.6 Å². The van der Waals surface area contributed by atoms with Crippen LogP contribution in [0.4, 0.5) is 8.78 Å². The Bertz CT molecular complexity index is 1030. The van der Waals surface area contributed by atoms with Crippen LogP contribution in [0.3, 0.4) is 0 Å². The maximum Gasteiger partial charge on any atom is 0.387 e. The fourth-order valence-electron chi connectivity index (χ4n) is 4.39. The van der Waals surface area contributed by atoms with E-state index in [1.54, 1.807) is 23.1 Å². The van der Waals surface area contributed by atoms with Crippen molar-refractivity contribution in [1.29, 1.82) is 0 Å². The second-order valence-electron chi connectivity index (χ2n) is 8.51. The molecule has 2 unspecified atom stereocenters. The van der Waals surface area contributed by atoms with Gasteiger partial charge in [0.15, 0.2) is 11.5 Å². The zero-order valence-electron chi connectivity index (χ0n) is 19.1. The minimum absolute atomic E-state index is 0.00388. The average molecular weight is 458 g/mol. The van der Waals surface area contributed by atoms with Gasteiger partial charge in [-0.05, 0) is 54.7 Å². The highest BCUT2D eigenvalue weighted by Gasteiger charge is 2.26. The van der Waals surface area contributed by atoms with Gasteiger partial charge in [-0.25, -0.2) is 0 Å². The smallest absolute Gasteiger partial charge is 0.387 e. The van der Waals surface area contributed by atoms with E-state index in [0.717, 1.165) is 36.6 Å². The van der Waals surface area contributed by atoms with Crippen molar-refractivity contribution in [3.63, 3.8) is 0 Å². The van der Waals surface area contributed by atoms with E-state index < -0.39 is 6.61 Å². The lowest BCUT2D eigenvalue weighted by atomic mass is 9.89. The molecule has 3 heterocycles. The van der Waals surface area contributed by atoms with Gasteiger partial charge in [0, 0.05) is 43.6 Å². The first kappa shape index (κ1) is 23.0. The number of halogens is 2. The molecule has 6 nitrogen and oxygen atoms in total. The fraction of sp³-hybridized carbons (Fsp3) is 0.400. The van der Waals surface area contributed by atoms with Crippen LogP contribution in [0.2, 0.25) is 0 Å². The number of benzene rings is 1. The number of ether oxygens (including phenoxy) is 2. The van der Waals surface area contributed by atoms with Gasteiger partial charge in [-0.2, -0.15) is 8.78 Å². The summed E-state index contributed by atoms with van der Waals surface area (Å²) in [6.45, 7) is 3.82. The second-order valence-corrected chi connectivity index (χ2v) is 8.51. The predicted octanol–water partition coefficient (Wildman–Crippen LogP) is 4.14. The third-order valence-corrected chi connectivity index (χ3v) is 6.14. The van der Waals surface area contributed by atoms with Gasteiger partial charge in [0.2, 0.25) is 0 Å². The Balaban J connectivity index is 1.65. The molecule has 176 valence electrons. The van der Waals surface area contributed by atoms with Crippen molar-refractivity contribution in [3.05, 3.63) is 65.7 Å². The highest BCUT2D eigenvalue weighted by Crippen LogP contribution is 2.36. The first-order valence-electron chi connectivity index (χ1n) is 11.1. The summed E-state index contributed by atoms with van der Waals surface area (Å²) >= 11 is 0. The van der Waals surface area contributed by atoms with Crippen molar-refractivity contribution in [2.75, 3.05) is 26.7 Å². The normalized spacial score (nSPS) is 23.3. The molecule has 1 N–H and O–H groups in total. The number of allylic oxidation sites excluding steroid dienone is 4. The maximum atomic E-state index is 13.3. The molecular weight excluding hydrogens is 428 g/mol. The Morgan fingerprint density at radius 2 is 1.94 bits per heavy atom. The number of nitrogens with zero attached hydrogens (tertiary/aromatic N) is 2.